The Labute approximate surface area is 214 Å². The van der Waals surface area contributed by atoms with Crippen LogP contribution in [0.3, 0.4) is 0 Å². The highest BCUT2D eigenvalue weighted by atomic mass is 19.2. The minimum atomic E-state index is -1.53. The van der Waals surface area contributed by atoms with Crippen LogP contribution in [0.15, 0.2) is 6.07 Å². The van der Waals surface area contributed by atoms with E-state index in [9.17, 15) is 22.8 Å². The van der Waals surface area contributed by atoms with Crippen molar-refractivity contribution < 1.29 is 32.2 Å². The molecule has 1 amide bonds. The van der Waals surface area contributed by atoms with Crippen molar-refractivity contribution in [1.82, 2.24) is 5.32 Å². The van der Waals surface area contributed by atoms with Gasteiger partial charge in [-0.2, -0.15) is 4.39 Å². The molecule has 1 N–H and O–H groups in total. The molecule has 206 valence electrons. The van der Waals surface area contributed by atoms with Crippen molar-refractivity contribution in [3.8, 4) is 5.75 Å². The average molecular weight is 516 g/mol. The zero-order chi connectivity index (χ0) is 26.8. The van der Waals surface area contributed by atoms with Gasteiger partial charge < -0.3 is 14.8 Å². The van der Waals surface area contributed by atoms with Gasteiger partial charge in [-0.25, -0.2) is 13.6 Å². The number of ether oxygens (including phenoxy) is 2. The SMILES string of the molecule is CCCCCCCCCCCCCCCCCOC(=O)C(C)NC(=O)c1cc(F)c(F)c(OC)c1F. The van der Waals surface area contributed by atoms with E-state index in [4.69, 9.17) is 4.74 Å². The van der Waals surface area contributed by atoms with Gasteiger partial charge in [-0.15, -0.1) is 0 Å². The van der Waals surface area contributed by atoms with E-state index in [0.29, 0.717) is 6.07 Å². The number of hydrogen-bond acceptors (Lipinski definition) is 4. The second-order valence-electron chi connectivity index (χ2n) is 9.38. The number of benzene rings is 1. The first-order chi connectivity index (χ1) is 17.3. The van der Waals surface area contributed by atoms with Crippen molar-refractivity contribution in [3.63, 3.8) is 0 Å². The Hall–Kier alpha value is -2.25. The van der Waals surface area contributed by atoms with E-state index >= 15 is 0 Å². The van der Waals surface area contributed by atoms with Crippen LogP contribution in [-0.2, 0) is 9.53 Å². The van der Waals surface area contributed by atoms with Crippen molar-refractivity contribution in [2.75, 3.05) is 13.7 Å². The molecule has 1 atom stereocenters. The summed E-state index contributed by atoms with van der Waals surface area (Å²) in [5.74, 6) is -7.04. The van der Waals surface area contributed by atoms with E-state index in [2.05, 4.69) is 17.0 Å². The van der Waals surface area contributed by atoms with Crippen LogP contribution in [0, 0.1) is 17.5 Å². The molecular formula is C28H44F3NO4. The summed E-state index contributed by atoms with van der Waals surface area (Å²) < 4.78 is 51.0. The minimum absolute atomic E-state index is 0.227. The van der Waals surface area contributed by atoms with Gasteiger partial charge in [0, 0.05) is 0 Å². The van der Waals surface area contributed by atoms with Crippen molar-refractivity contribution in [3.05, 3.63) is 29.1 Å². The lowest BCUT2D eigenvalue weighted by Gasteiger charge is -2.15. The molecule has 0 aliphatic carbocycles. The van der Waals surface area contributed by atoms with Gasteiger partial charge in [0.05, 0.1) is 19.3 Å². The van der Waals surface area contributed by atoms with E-state index < -0.39 is 46.7 Å². The summed E-state index contributed by atoms with van der Waals surface area (Å²) >= 11 is 0. The maximum atomic E-state index is 14.2. The second-order valence-corrected chi connectivity index (χ2v) is 9.38. The second kappa shape index (κ2) is 18.9. The topological polar surface area (TPSA) is 64.6 Å². The Morgan fingerprint density at radius 1 is 0.806 bits per heavy atom. The molecule has 0 saturated carbocycles. The standard InChI is InChI=1S/C28H44F3NO4/c1-4-5-6-7-8-9-10-11-12-13-14-15-16-17-18-19-36-28(34)21(2)32-27(33)22-20-23(29)25(31)26(35-3)24(22)30/h20-21H,4-19H2,1-3H3,(H,32,33). The number of nitrogens with one attached hydrogen (secondary N) is 1. The molecule has 0 radical (unpaired) electrons. The largest absolute Gasteiger partial charge is 0.491 e. The van der Waals surface area contributed by atoms with Gasteiger partial charge in [0.2, 0.25) is 5.82 Å². The van der Waals surface area contributed by atoms with Crippen LogP contribution in [0.1, 0.15) is 121 Å². The molecule has 1 aromatic rings. The number of unbranched alkanes of at least 4 members (excludes halogenated alkanes) is 14. The lowest BCUT2D eigenvalue weighted by molar-refractivity contribution is -0.145. The highest BCUT2D eigenvalue weighted by molar-refractivity contribution is 5.97. The summed E-state index contributed by atoms with van der Waals surface area (Å²) in [6, 6.07) is -0.650. The van der Waals surface area contributed by atoms with Crippen LogP contribution >= 0.6 is 0 Å². The van der Waals surface area contributed by atoms with Crippen LogP contribution in [0.4, 0.5) is 13.2 Å². The highest BCUT2D eigenvalue weighted by Crippen LogP contribution is 2.27. The number of methoxy groups -OCH3 is 1. The van der Waals surface area contributed by atoms with Gasteiger partial charge in [-0.05, 0) is 19.4 Å². The third-order valence-electron chi connectivity index (χ3n) is 6.26. The maximum Gasteiger partial charge on any atom is 0.328 e. The third-order valence-corrected chi connectivity index (χ3v) is 6.26. The summed E-state index contributed by atoms with van der Waals surface area (Å²) in [6.07, 6.45) is 18.5. The molecular weight excluding hydrogens is 471 g/mol. The fourth-order valence-corrected chi connectivity index (χ4v) is 4.03. The highest BCUT2D eigenvalue weighted by Gasteiger charge is 2.26. The van der Waals surface area contributed by atoms with Crippen molar-refractivity contribution in [2.45, 2.75) is 116 Å². The number of carbonyl (C=O) groups is 2. The van der Waals surface area contributed by atoms with Crippen LogP contribution in [0.5, 0.6) is 5.75 Å². The molecule has 8 heteroatoms. The van der Waals surface area contributed by atoms with Gasteiger partial charge in [0.25, 0.3) is 5.91 Å². The molecule has 5 nitrogen and oxygen atoms in total. The number of esters is 1. The van der Waals surface area contributed by atoms with Gasteiger partial charge in [0.15, 0.2) is 17.4 Å². The maximum absolute atomic E-state index is 14.2. The van der Waals surface area contributed by atoms with Gasteiger partial charge in [0.1, 0.15) is 6.04 Å². The fraction of sp³-hybridized carbons (Fsp3) is 0.714. The Balaban J connectivity index is 2.11. The molecule has 0 bridgehead atoms. The minimum Gasteiger partial charge on any atom is -0.491 e. The lowest BCUT2D eigenvalue weighted by atomic mass is 10.0. The van der Waals surface area contributed by atoms with Crippen LogP contribution in [0.2, 0.25) is 0 Å². The van der Waals surface area contributed by atoms with Gasteiger partial charge in [-0.3, -0.25) is 4.79 Å². The smallest absolute Gasteiger partial charge is 0.328 e. The summed E-state index contributed by atoms with van der Waals surface area (Å²) in [6.45, 7) is 3.85. The Kier molecular flexibility index (Phi) is 16.7. The normalized spacial score (nSPS) is 11.8. The summed E-state index contributed by atoms with van der Waals surface area (Å²) in [7, 11) is 0.959. The molecule has 1 rings (SSSR count). The number of halogens is 3. The predicted molar refractivity (Wildman–Crippen MR) is 136 cm³/mol. The van der Waals surface area contributed by atoms with Crippen molar-refractivity contribution in [2.24, 2.45) is 0 Å². The van der Waals surface area contributed by atoms with Crippen molar-refractivity contribution >= 4 is 11.9 Å². The Bertz CT molecular complexity index is 789. The molecule has 0 spiro atoms. The molecule has 0 saturated heterocycles. The lowest BCUT2D eigenvalue weighted by Crippen LogP contribution is -2.40. The van der Waals surface area contributed by atoms with Crippen molar-refractivity contribution in [1.29, 1.82) is 0 Å². The van der Waals surface area contributed by atoms with Crippen LogP contribution in [0.25, 0.3) is 0 Å². The fourth-order valence-electron chi connectivity index (χ4n) is 4.03. The van der Waals surface area contributed by atoms with E-state index in [1.54, 1.807) is 0 Å². The first kappa shape index (κ1) is 31.8. The van der Waals surface area contributed by atoms with E-state index in [0.717, 1.165) is 26.4 Å². The monoisotopic (exact) mass is 515 g/mol. The first-order valence-corrected chi connectivity index (χ1v) is 13.5. The number of hydrogen-bond donors (Lipinski definition) is 1. The Morgan fingerprint density at radius 2 is 1.28 bits per heavy atom. The molecule has 36 heavy (non-hydrogen) atoms. The number of amides is 1. The molecule has 0 aromatic heterocycles. The molecule has 0 aliphatic heterocycles. The molecule has 0 fully saturated rings. The summed E-state index contributed by atoms with van der Waals surface area (Å²) in [5, 5.41) is 2.24. The van der Waals surface area contributed by atoms with E-state index in [-0.39, 0.29) is 6.61 Å². The summed E-state index contributed by atoms with van der Waals surface area (Å²) in [4.78, 5) is 24.3. The molecule has 1 unspecified atom stereocenters. The zero-order valence-electron chi connectivity index (χ0n) is 22.2. The van der Waals surface area contributed by atoms with Gasteiger partial charge in [-0.1, -0.05) is 96.8 Å². The van der Waals surface area contributed by atoms with E-state index in [1.807, 2.05) is 0 Å². The summed E-state index contributed by atoms with van der Waals surface area (Å²) in [5.41, 5.74) is -0.757. The van der Waals surface area contributed by atoms with Crippen LogP contribution in [-0.4, -0.2) is 31.6 Å². The van der Waals surface area contributed by atoms with E-state index in [1.165, 1.54) is 84.0 Å². The number of carbonyl (C=O) groups excluding carboxylic acids is 2. The average Bonchev–Trinajstić information content (AvgIpc) is 2.86. The predicted octanol–water partition coefficient (Wildman–Crippen LogP) is 7.65. The molecule has 0 heterocycles. The zero-order valence-corrected chi connectivity index (χ0v) is 22.2. The quantitative estimate of drug-likeness (QED) is 0.110. The molecule has 0 aliphatic rings. The first-order valence-electron chi connectivity index (χ1n) is 13.5. The number of rotatable bonds is 20. The Morgan fingerprint density at radius 3 is 1.75 bits per heavy atom. The third kappa shape index (κ3) is 12.1. The van der Waals surface area contributed by atoms with Crippen LogP contribution < -0.4 is 10.1 Å². The van der Waals surface area contributed by atoms with Gasteiger partial charge >= 0.3 is 5.97 Å². The molecule has 1 aromatic carbocycles.